The average Bonchev–Trinajstić information content (AvgIpc) is 3.50. The van der Waals surface area contributed by atoms with E-state index < -0.39 is 17.9 Å². The van der Waals surface area contributed by atoms with Gasteiger partial charge in [0.15, 0.2) is 0 Å². The zero-order valence-corrected chi connectivity index (χ0v) is 22.9. The van der Waals surface area contributed by atoms with E-state index in [4.69, 9.17) is 4.74 Å². The van der Waals surface area contributed by atoms with Crippen LogP contribution < -0.4 is 10.6 Å². The Labute approximate surface area is 204 Å². The monoisotopic (exact) mass is 505 g/mol. The lowest BCUT2D eigenvalue weighted by Crippen LogP contribution is -2.23. The fraction of sp³-hybridized carbons (Fsp3) is 0.667. The smallest absolute Gasteiger partial charge is 0.249 e. The Hall–Kier alpha value is -1.75. The standard InChI is InChI=1S/C24H39N5O3SSi/c1-25-12-7-14-33(30,31)24-27-23(28-29(24)17-32-13-15-34(2,3)4)26-22-20-10-5-8-18(20)16-19-9-6-11-21(19)22/h16,25H,5-15,17H2,1-4H3,(H,26,28). The van der Waals surface area contributed by atoms with Gasteiger partial charge in [0.05, 0.1) is 5.75 Å². The van der Waals surface area contributed by atoms with Gasteiger partial charge in [0.25, 0.3) is 0 Å². The van der Waals surface area contributed by atoms with E-state index >= 15 is 0 Å². The maximum atomic E-state index is 13.1. The number of sulfone groups is 1. The molecule has 0 fully saturated rings. The number of rotatable bonds is 12. The Morgan fingerprint density at radius 2 is 1.76 bits per heavy atom. The van der Waals surface area contributed by atoms with Crippen molar-refractivity contribution in [1.29, 1.82) is 0 Å². The van der Waals surface area contributed by atoms with Crippen molar-refractivity contribution in [2.45, 2.75) is 82.5 Å². The van der Waals surface area contributed by atoms with Crippen molar-refractivity contribution >= 4 is 29.5 Å². The van der Waals surface area contributed by atoms with Crippen LogP contribution in [-0.2, 0) is 47.0 Å². The van der Waals surface area contributed by atoms with Crippen LogP contribution in [0.25, 0.3) is 0 Å². The van der Waals surface area contributed by atoms with Gasteiger partial charge in [0, 0.05) is 20.4 Å². The van der Waals surface area contributed by atoms with E-state index in [0.717, 1.165) is 50.3 Å². The second kappa shape index (κ2) is 10.5. The third-order valence-electron chi connectivity index (χ3n) is 6.68. The number of hydrogen-bond donors (Lipinski definition) is 2. The van der Waals surface area contributed by atoms with Crippen LogP contribution in [0.5, 0.6) is 0 Å². The second-order valence-corrected chi connectivity index (χ2v) is 18.3. The first-order valence-corrected chi connectivity index (χ1v) is 17.9. The molecule has 1 heterocycles. The van der Waals surface area contributed by atoms with Gasteiger partial charge in [-0.25, -0.2) is 13.1 Å². The van der Waals surface area contributed by atoms with E-state index in [1.54, 1.807) is 0 Å². The Bertz CT molecular complexity index is 1090. The summed E-state index contributed by atoms with van der Waals surface area (Å²) in [6.07, 6.45) is 7.13. The van der Waals surface area contributed by atoms with Gasteiger partial charge in [-0.2, -0.15) is 4.98 Å². The SMILES string of the molecule is CNCCCS(=O)(=O)c1nc(Nc2c3c(cc4c2CCC4)CCC3)nn1COCC[Si](C)(C)C. The highest BCUT2D eigenvalue weighted by Gasteiger charge is 2.27. The molecule has 0 saturated heterocycles. The summed E-state index contributed by atoms with van der Waals surface area (Å²) in [7, 11) is -3.01. The number of aromatic nitrogens is 3. The predicted molar refractivity (Wildman–Crippen MR) is 138 cm³/mol. The Kier molecular flexibility index (Phi) is 7.81. The molecular weight excluding hydrogens is 466 g/mol. The second-order valence-electron chi connectivity index (χ2n) is 10.7. The molecule has 0 saturated carbocycles. The number of nitrogens with zero attached hydrogens (tertiary/aromatic N) is 3. The number of benzene rings is 1. The van der Waals surface area contributed by atoms with E-state index in [1.807, 2.05) is 7.05 Å². The molecule has 0 amide bonds. The highest BCUT2D eigenvalue weighted by Crippen LogP contribution is 2.39. The molecule has 2 aliphatic rings. The quantitative estimate of drug-likeness (QED) is 0.335. The minimum absolute atomic E-state index is 0.0108. The molecule has 34 heavy (non-hydrogen) atoms. The molecule has 2 N–H and O–H groups in total. The summed E-state index contributed by atoms with van der Waals surface area (Å²) in [4.78, 5) is 4.50. The van der Waals surface area contributed by atoms with E-state index in [2.05, 4.69) is 46.4 Å². The summed E-state index contributed by atoms with van der Waals surface area (Å²) < 4.78 is 33.5. The van der Waals surface area contributed by atoms with Crippen LogP contribution in [0, 0.1) is 0 Å². The van der Waals surface area contributed by atoms with Crippen LogP contribution in [-0.4, -0.2) is 57.2 Å². The first-order valence-electron chi connectivity index (χ1n) is 12.5. The minimum atomic E-state index is -3.59. The van der Waals surface area contributed by atoms with Crippen molar-refractivity contribution in [2.75, 3.05) is 31.3 Å². The van der Waals surface area contributed by atoms with E-state index in [9.17, 15) is 8.42 Å². The molecule has 4 rings (SSSR count). The summed E-state index contributed by atoms with van der Waals surface area (Å²) in [5.41, 5.74) is 6.64. The minimum Gasteiger partial charge on any atom is -0.359 e. The van der Waals surface area contributed by atoms with Gasteiger partial charge in [0.1, 0.15) is 6.73 Å². The van der Waals surface area contributed by atoms with Gasteiger partial charge in [-0.3, -0.25) is 0 Å². The Morgan fingerprint density at radius 1 is 1.09 bits per heavy atom. The molecule has 2 aliphatic carbocycles. The molecular formula is C24H39N5O3SSi. The highest BCUT2D eigenvalue weighted by molar-refractivity contribution is 7.91. The van der Waals surface area contributed by atoms with Crippen molar-refractivity contribution in [3.05, 3.63) is 28.3 Å². The summed E-state index contributed by atoms with van der Waals surface area (Å²) in [5, 5.41) is 11.0. The molecule has 0 spiro atoms. The van der Waals surface area contributed by atoms with Gasteiger partial charge >= 0.3 is 0 Å². The molecule has 188 valence electrons. The number of ether oxygens (including phenoxy) is 1. The van der Waals surface area contributed by atoms with Gasteiger partial charge < -0.3 is 15.4 Å². The lowest BCUT2D eigenvalue weighted by Gasteiger charge is -2.15. The van der Waals surface area contributed by atoms with Crippen molar-refractivity contribution in [3.63, 3.8) is 0 Å². The third-order valence-corrected chi connectivity index (χ3v) is 10.1. The number of aryl methyl sites for hydroxylation is 2. The van der Waals surface area contributed by atoms with Crippen LogP contribution in [0.2, 0.25) is 25.7 Å². The number of anilines is 2. The first-order chi connectivity index (χ1) is 16.2. The van der Waals surface area contributed by atoms with Crippen molar-refractivity contribution in [1.82, 2.24) is 20.1 Å². The maximum absolute atomic E-state index is 13.1. The largest absolute Gasteiger partial charge is 0.359 e. The first kappa shape index (κ1) is 25.3. The molecule has 2 aromatic rings. The Balaban J connectivity index is 1.61. The van der Waals surface area contributed by atoms with Crippen molar-refractivity contribution in [3.8, 4) is 0 Å². The number of nitrogens with one attached hydrogen (secondary N) is 2. The van der Waals surface area contributed by atoms with E-state index in [0.29, 0.717) is 25.5 Å². The molecule has 1 aromatic carbocycles. The van der Waals surface area contributed by atoms with Crippen molar-refractivity contribution in [2.24, 2.45) is 0 Å². The lowest BCUT2D eigenvalue weighted by molar-refractivity contribution is 0.0715. The molecule has 0 aliphatic heterocycles. The fourth-order valence-electron chi connectivity index (χ4n) is 4.83. The summed E-state index contributed by atoms with van der Waals surface area (Å²) in [6, 6.07) is 3.39. The van der Waals surface area contributed by atoms with E-state index in [-0.39, 0.29) is 17.6 Å². The van der Waals surface area contributed by atoms with Crippen LogP contribution in [0.15, 0.2) is 11.2 Å². The predicted octanol–water partition coefficient (Wildman–Crippen LogP) is 3.69. The number of fused-ring (bicyclic) bond motifs is 2. The summed E-state index contributed by atoms with van der Waals surface area (Å²) in [6.45, 7) is 8.20. The lowest BCUT2D eigenvalue weighted by atomic mass is 9.99. The molecule has 8 nitrogen and oxygen atoms in total. The van der Waals surface area contributed by atoms with Crippen LogP contribution >= 0.6 is 0 Å². The Morgan fingerprint density at radius 3 is 2.38 bits per heavy atom. The van der Waals surface area contributed by atoms with Gasteiger partial charge in [-0.05, 0) is 86.8 Å². The fourth-order valence-corrected chi connectivity index (χ4v) is 6.94. The summed E-state index contributed by atoms with van der Waals surface area (Å²) in [5.74, 6) is 0.368. The molecule has 1 aromatic heterocycles. The van der Waals surface area contributed by atoms with Crippen LogP contribution in [0.4, 0.5) is 11.6 Å². The van der Waals surface area contributed by atoms with Crippen molar-refractivity contribution < 1.29 is 13.2 Å². The molecule has 0 bridgehead atoms. The van der Waals surface area contributed by atoms with Gasteiger partial charge in [0.2, 0.25) is 20.9 Å². The molecule has 0 atom stereocenters. The zero-order valence-electron chi connectivity index (χ0n) is 21.0. The molecule has 0 unspecified atom stereocenters. The highest BCUT2D eigenvalue weighted by atomic mass is 32.2. The normalized spacial score (nSPS) is 15.5. The van der Waals surface area contributed by atoms with Gasteiger partial charge in [-0.15, -0.1) is 5.10 Å². The average molecular weight is 506 g/mol. The van der Waals surface area contributed by atoms with Crippen LogP contribution in [0.1, 0.15) is 41.5 Å². The van der Waals surface area contributed by atoms with Gasteiger partial charge in [-0.1, -0.05) is 25.7 Å². The zero-order chi connectivity index (χ0) is 24.3. The van der Waals surface area contributed by atoms with Crippen LogP contribution in [0.3, 0.4) is 0 Å². The summed E-state index contributed by atoms with van der Waals surface area (Å²) >= 11 is 0. The molecule has 0 radical (unpaired) electrons. The topological polar surface area (TPSA) is 98.1 Å². The molecule has 10 heteroatoms. The third kappa shape index (κ3) is 5.90. The van der Waals surface area contributed by atoms with E-state index in [1.165, 1.54) is 26.9 Å². The number of hydrogen-bond acceptors (Lipinski definition) is 7. The maximum Gasteiger partial charge on any atom is 0.249 e.